The number of rotatable bonds is 3. The van der Waals surface area contributed by atoms with E-state index in [9.17, 15) is 8.42 Å². The molecule has 0 radical (unpaired) electrons. The van der Waals surface area contributed by atoms with Gasteiger partial charge in [0.25, 0.3) is 0 Å². The van der Waals surface area contributed by atoms with Crippen LogP contribution in [0.5, 0.6) is 0 Å². The van der Waals surface area contributed by atoms with Gasteiger partial charge in [0.15, 0.2) is 0 Å². The van der Waals surface area contributed by atoms with E-state index in [-0.39, 0.29) is 11.3 Å². The summed E-state index contributed by atoms with van der Waals surface area (Å²) >= 11 is 0. The van der Waals surface area contributed by atoms with Gasteiger partial charge in [0.2, 0.25) is 10.0 Å². The SMILES string of the molecule is CC1CNCC(C)C1NS(=O)(=O)C(C)C. The average molecular weight is 234 g/mol. The first-order valence-electron chi connectivity index (χ1n) is 5.56. The highest BCUT2D eigenvalue weighted by Crippen LogP contribution is 2.18. The van der Waals surface area contributed by atoms with Gasteiger partial charge in [-0.15, -0.1) is 0 Å². The number of nitrogens with one attached hydrogen (secondary N) is 2. The predicted molar refractivity (Wildman–Crippen MR) is 62.2 cm³/mol. The maximum atomic E-state index is 11.8. The molecule has 90 valence electrons. The summed E-state index contributed by atoms with van der Waals surface area (Å²) in [6, 6.07) is 0.0682. The summed E-state index contributed by atoms with van der Waals surface area (Å²) in [6.07, 6.45) is 0. The number of piperidine rings is 1. The highest BCUT2D eigenvalue weighted by atomic mass is 32.2. The van der Waals surface area contributed by atoms with Gasteiger partial charge in [0, 0.05) is 6.04 Å². The second-order valence-electron chi connectivity index (χ2n) is 4.85. The number of hydrogen-bond acceptors (Lipinski definition) is 3. The van der Waals surface area contributed by atoms with Crippen LogP contribution in [0.1, 0.15) is 27.7 Å². The van der Waals surface area contributed by atoms with E-state index in [4.69, 9.17) is 0 Å². The summed E-state index contributed by atoms with van der Waals surface area (Å²) in [7, 11) is -3.14. The lowest BCUT2D eigenvalue weighted by atomic mass is 9.88. The van der Waals surface area contributed by atoms with Crippen LogP contribution in [0, 0.1) is 11.8 Å². The van der Waals surface area contributed by atoms with E-state index in [1.807, 2.05) is 0 Å². The Hall–Kier alpha value is -0.130. The molecule has 0 bridgehead atoms. The molecule has 0 aliphatic carbocycles. The summed E-state index contributed by atoms with van der Waals surface area (Å²) < 4.78 is 26.3. The zero-order chi connectivity index (χ0) is 11.6. The maximum Gasteiger partial charge on any atom is 0.214 e. The molecular weight excluding hydrogens is 212 g/mol. The quantitative estimate of drug-likeness (QED) is 0.750. The smallest absolute Gasteiger partial charge is 0.214 e. The van der Waals surface area contributed by atoms with E-state index in [1.54, 1.807) is 13.8 Å². The van der Waals surface area contributed by atoms with Crippen molar-refractivity contribution in [1.82, 2.24) is 10.0 Å². The summed E-state index contributed by atoms with van der Waals surface area (Å²) in [5.74, 6) is 0.699. The molecule has 1 fully saturated rings. The summed E-state index contributed by atoms with van der Waals surface area (Å²) in [4.78, 5) is 0. The molecular formula is C10H22N2O2S. The van der Waals surface area contributed by atoms with Gasteiger partial charge in [0.1, 0.15) is 0 Å². The molecule has 0 aromatic heterocycles. The Morgan fingerprint density at radius 3 is 2.07 bits per heavy atom. The summed E-state index contributed by atoms with van der Waals surface area (Å²) in [6.45, 7) is 9.34. The fourth-order valence-corrected chi connectivity index (χ4v) is 3.03. The van der Waals surface area contributed by atoms with Crippen LogP contribution in [-0.2, 0) is 10.0 Å². The van der Waals surface area contributed by atoms with E-state index < -0.39 is 10.0 Å². The van der Waals surface area contributed by atoms with Crippen LogP contribution in [0.15, 0.2) is 0 Å². The Balaban J connectivity index is 2.71. The van der Waals surface area contributed by atoms with E-state index >= 15 is 0 Å². The maximum absolute atomic E-state index is 11.8. The topological polar surface area (TPSA) is 58.2 Å². The molecule has 1 rings (SSSR count). The Morgan fingerprint density at radius 1 is 1.20 bits per heavy atom. The first kappa shape index (κ1) is 12.9. The van der Waals surface area contributed by atoms with Gasteiger partial charge in [-0.1, -0.05) is 13.8 Å². The minimum Gasteiger partial charge on any atom is -0.316 e. The number of sulfonamides is 1. The third-order valence-corrected chi connectivity index (χ3v) is 4.92. The largest absolute Gasteiger partial charge is 0.316 e. The average Bonchev–Trinajstić information content (AvgIpc) is 2.11. The molecule has 1 aliphatic heterocycles. The normalized spacial score (nSPS) is 33.3. The van der Waals surface area contributed by atoms with Crippen LogP contribution in [0.2, 0.25) is 0 Å². The van der Waals surface area contributed by atoms with Crippen molar-refractivity contribution in [2.75, 3.05) is 13.1 Å². The Labute approximate surface area is 92.9 Å². The highest BCUT2D eigenvalue weighted by molar-refractivity contribution is 7.90. The Kier molecular flexibility index (Phi) is 4.14. The molecule has 5 heteroatoms. The molecule has 2 N–H and O–H groups in total. The summed E-state index contributed by atoms with van der Waals surface area (Å²) in [5.41, 5.74) is 0. The molecule has 2 unspecified atom stereocenters. The standard InChI is InChI=1S/C10H22N2O2S/c1-7(2)15(13,14)12-10-8(3)5-11-6-9(10)4/h7-12H,5-6H2,1-4H3. The van der Waals surface area contributed by atoms with Gasteiger partial charge in [-0.3, -0.25) is 0 Å². The van der Waals surface area contributed by atoms with Crippen molar-refractivity contribution in [2.45, 2.75) is 39.0 Å². The van der Waals surface area contributed by atoms with E-state index in [1.165, 1.54) is 0 Å². The van der Waals surface area contributed by atoms with Crippen molar-refractivity contribution in [3.05, 3.63) is 0 Å². The van der Waals surface area contributed by atoms with Gasteiger partial charge in [0.05, 0.1) is 5.25 Å². The molecule has 1 saturated heterocycles. The zero-order valence-electron chi connectivity index (χ0n) is 9.95. The third kappa shape index (κ3) is 3.16. The highest BCUT2D eigenvalue weighted by Gasteiger charge is 2.31. The zero-order valence-corrected chi connectivity index (χ0v) is 10.8. The van der Waals surface area contributed by atoms with Gasteiger partial charge in [-0.25, -0.2) is 13.1 Å². The van der Waals surface area contributed by atoms with Gasteiger partial charge in [-0.2, -0.15) is 0 Å². The summed E-state index contributed by atoms with van der Waals surface area (Å²) in [5, 5.41) is 2.94. The molecule has 0 aromatic carbocycles. The van der Waals surface area contributed by atoms with E-state index in [0.717, 1.165) is 13.1 Å². The van der Waals surface area contributed by atoms with Crippen molar-refractivity contribution in [3.8, 4) is 0 Å². The molecule has 0 aromatic rings. The molecule has 4 nitrogen and oxygen atoms in total. The van der Waals surface area contributed by atoms with Crippen molar-refractivity contribution >= 4 is 10.0 Å². The van der Waals surface area contributed by atoms with Crippen LogP contribution >= 0.6 is 0 Å². The minimum absolute atomic E-state index is 0.0682. The van der Waals surface area contributed by atoms with Crippen molar-refractivity contribution in [1.29, 1.82) is 0 Å². The predicted octanol–water partition coefficient (Wildman–Crippen LogP) is 0.558. The lowest BCUT2D eigenvalue weighted by Gasteiger charge is -2.35. The van der Waals surface area contributed by atoms with Crippen LogP contribution in [-0.4, -0.2) is 32.8 Å². The molecule has 2 atom stereocenters. The number of hydrogen-bond donors (Lipinski definition) is 2. The Bertz CT molecular complexity index is 291. The van der Waals surface area contributed by atoms with E-state index in [0.29, 0.717) is 11.8 Å². The van der Waals surface area contributed by atoms with Gasteiger partial charge >= 0.3 is 0 Å². The molecule has 15 heavy (non-hydrogen) atoms. The Morgan fingerprint density at radius 2 is 1.67 bits per heavy atom. The van der Waals surface area contributed by atoms with Crippen LogP contribution in [0.4, 0.5) is 0 Å². The van der Waals surface area contributed by atoms with Gasteiger partial charge < -0.3 is 5.32 Å². The van der Waals surface area contributed by atoms with Gasteiger partial charge in [-0.05, 0) is 38.8 Å². The lowest BCUT2D eigenvalue weighted by molar-refractivity contribution is 0.251. The molecule has 0 amide bonds. The fourth-order valence-electron chi connectivity index (χ4n) is 1.91. The monoisotopic (exact) mass is 234 g/mol. The molecule has 0 saturated carbocycles. The second-order valence-corrected chi connectivity index (χ2v) is 7.12. The van der Waals surface area contributed by atoms with E-state index in [2.05, 4.69) is 23.9 Å². The first-order valence-corrected chi connectivity index (χ1v) is 7.11. The second kappa shape index (κ2) is 4.80. The lowest BCUT2D eigenvalue weighted by Crippen LogP contribution is -2.54. The van der Waals surface area contributed by atoms with Crippen molar-refractivity contribution in [2.24, 2.45) is 11.8 Å². The van der Waals surface area contributed by atoms with Crippen molar-refractivity contribution < 1.29 is 8.42 Å². The van der Waals surface area contributed by atoms with Crippen LogP contribution in [0.3, 0.4) is 0 Å². The van der Waals surface area contributed by atoms with Crippen LogP contribution in [0.25, 0.3) is 0 Å². The van der Waals surface area contributed by atoms with Crippen LogP contribution < -0.4 is 10.0 Å². The third-order valence-electron chi connectivity index (χ3n) is 3.08. The molecule has 0 spiro atoms. The molecule has 1 aliphatic rings. The fraction of sp³-hybridized carbons (Fsp3) is 1.00. The molecule has 1 heterocycles. The first-order chi connectivity index (χ1) is 6.84. The minimum atomic E-state index is -3.14. The van der Waals surface area contributed by atoms with Crippen molar-refractivity contribution in [3.63, 3.8) is 0 Å².